The first-order chi connectivity index (χ1) is 10.8. The van der Waals surface area contributed by atoms with Crippen molar-refractivity contribution < 1.29 is 0 Å². The number of anilines is 3. The first-order valence-corrected chi connectivity index (χ1v) is 8.36. The van der Waals surface area contributed by atoms with E-state index in [1.54, 1.807) is 11.2 Å². The molecule has 1 radical (unpaired) electrons. The van der Waals surface area contributed by atoms with Gasteiger partial charge in [-0.3, -0.25) is 0 Å². The van der Waals surface area contributed by atoms with E-state index in [1.165, 1.54) is 40.8 Å². The van der Waals surface area contributed by atoms with E-state index >= 15 is 0 Å². The van der Waals surface area contributed by atoms with Crippen molar-refractivity contribution in [3.05, 3.63) is 23.7 Å². The molecule has 1 atom stereocenters. The van der Waals surface area contributed by atoms with E-state index in [4.69, 9.17) is 5.73 Å². The van der Waals surface area contributed by atoms with Crippen molar-refractivity contribution in [2.24, 2.45) is 5.10 Å². The molecule has 4 N–H and O–H groups in total. The van der Waals surface area contributed by atoms with Gasteiger partial charge in [0.15, 0.2) is 16.5 Å². The number of nitrogens with one attached hydrogen (secondary N) is 2. The van der Waals surface area contributed by atoms with Crippen molar-refractivity contribution >= 4 is 55.4 Å². The number of aromatic nitrogens is 6. The van der Waals surface area contributed by atoms with Crippen LogP contribution in [-0.2, 0) is 4.99 Å². The van der Waals surface area contributed by atoms with Gasteiger partial charge in [-0.05, 0) is 11.8 Å². The summed E-state index contributed by atoms with van der Waals surface area (Å²) in [7, 11) is 0. The second-order valence-electron chi connectivity index (χ2n) is 3.97. The molecule has 1 unspecified atom stereocenters. The number of nitrogens with two attached hydrogens (primary N) is 1. The zero-order valence-electron chi connectivity index (χ0n) is 10.7. The van der Waals surface area contributed by atoms with Crippen molar-refractivity contribution in [2.75, 3.05) is 16.1 Å². The minimum Gasteiger partial charge on any atom is -0.374 e. The molecule has 0 amide bonds. The highest BCUT2D eigenvalue weighted by Gasteiger charge is 2.48. The zero-order valence-corrected chi connectivity index (χ0v) is 13.1. The minimum absolute atomic E-state index is 0.350. The van der Waals surface area contributed by atoms with Crippen LogP contribution in [0.25, 0.3) is 0 Å². The van der Waals surface area contributed by atoms with Crippen LogP contribution in [0.15, 0.2) is 23.0 Å². The van der Waals surface area contributed by atoms with Gasteiger partial charge in [0.2, 0.25) is 10.3 Å². The van der Waals surface area contributed by atoms with Crippen molar-refractivity contribution in [2.45, 2.75) is 4.99 Å². The van der Waals surface area contributed by atoms with Gasteiger partial charge in [-0.2, -0.15) is 10.1 Å². The number of nitrogens with zero attached hydrogens (tertiary/aromatic N) is 7. The fourth-order valence-corrected chi connectivity index (χ4v) is 3.95. The fraction of sp³-hybridized carbons (Fsp3) is 0.111. The second kappa shape index (κ2) is 5.19. The number of hydrazone groups is 1. The van der Waals surface area contributed by atoms with Crippen LogP contribution in [0.4, 0.5) is 15.4 Å². The number of H-pyrrole nitrogens is 1. The Balaban J connectivity index is 1.80. The fourth-order valence-electron chi connectivity index (χ4n) is 1.82. The van der Waals surface area contributed by atoms with Gasteiger partial charge in [0, 0.05) is 11.6 Å². The molecule has 0 saturated heterocycles. The van der Waals surface area contributed by atoms with Crippen LogP contribution in [-0.4, -0.2) is 35.9 Å². The van der Waals surface area contributed by atoms with Crippen LogP contribution in [0.5, 0.6) is 0 Å². The Kier molecular flexibility index (Phi) is 3.16. The lowest BCUT2D eigenvalue weighted by atomic mass is 10.4. The monoisotopic (exact) mass is 351 g/mol. The molecule has 22 heavy (non-hydrogen) atoms. The number of thiazole rings is 1. The smallest absolute Gasteiger partial charge is 0.250 e. The third-order valence-corrected chi connectivity index (χ3v) is 5.04. The number of nitrogen functional groups attached to an aromatic ring is 1. The summed E-state index contributed by atoms with van der Waals surface area (Å²) in [6.45, 7) is 0. The first-order valence-electron chi connectivity index (χ1n) is 5.85. The second-order valence-corrected chi connectivity index (χ2v) is 6.83. The number of hydrogen-bond acceptors (Lipinski definition) is 12. The molecule has 0 aromatic carbocycles. The molecule has 4 heterocycles. The number of aromatic amines is 1. The molecule has 1 aliphatic rings. The van der Waals surface area contributed by atoms with Crippen molar-refractivity contribution in [3.8, 4) is 0 Å². The number of rotatable bonds is 4. The van der Waals surface area contributed by atoms with E-state index in [0.29, 0.717) is 21.2 Å². The molecule has 0 saturated carbocycles. The van der Waals surface area contributed by atoms with E-state index in [2.05, 4.69) is 46.3 Å². The van der Waals surface area contributed by atoms with Crippen LogP contribution >= 0.6 is 34.4 Å². The Hall–Kier alpha value is -2.25. The molecule has 1 aliphatic heterocycles. The van der Waals surface area contributed by atoms with Crippen LogP contribution in [0, 0.1) is 0 Å². The molecule has 111 valence electrons. The molecule has 3 aromatic heterocycles. The lowest BCUT2D eigenvalue weighted by Gasteiger charge is -2.32. The Bertz CT molecular complexity index is 781. The summed E-state index contributed by atoms with van der Waals surface area (Å²) < 4.78 is 0. The normalized spacial score (nSPS) is 20.6. The zero-order chi connectivity index (χ0) is 15.0. The quantitative estimate of drug-likeness (QED) is 0.629. The summed E-state index contributed by atoms with van der Waals surface area (Å²) in [5, 5.41) is 28.4. The van der Waals surface area contributed by atoms with E-state index < -0.39 is 4.99 Å². The largest absolute Gasteiger partial charge is 0.374 e. The van der Waals surface area contributed by atoms with E-state index in [0.717, 1.165) is 0 Å². The molecule has 0 aliphatic carbocycles. The molecule has 13 heteroatoms. The third kappa shape index (κ3) is 2.10. The first kappa shape index (κ1) is 13.4. The van der Waals surface area contributed by atoms with Gasteiger partial charge < -0.3 is 16.0 Å². The third-order valence-electron chi connectivity index (χ3n) is 2.69. The summed E-state index contributed by atoms with van der Waals surface area (Å²) in [5.41, 5.74) is 8.54. The average Bonchev–Trinajstić information content (AvgIpc) is 3.27. The molecule has 3 aromatic rings. The highest BCUT2D eigenvalue weighted by Crippen LogP contribution is 2.45. The molecular formula is C9H7N10S3. The maximum absolute atomic E-state index is 5.67. The molecule has 4 rings (SSSR count). The summed E-state index contributed by atoms with van der Waals surface area (Å²) in [6, 6.07) is 0. The minimum atomic E-state index is -0.930. The van der Waals surface area contributed by atoms with Gasteiger partial charge in [-0.1, -0.05) is 11.3 Å². The summed E-state index contributed by atoms with van der Waals surface area (Å²) >= 11 is 3.96. The van der Waals surface area contributed by atoms with Crippen LogP contribution < -0.4 is 16.1 Å². The maximum Gasteiger partial charge on any atom is 0.250 e. The van der Waals surface area contributed by atoms with Gasteiger partial charge in [-0.25, -0.2) is 4.98 Å². The number of thioether (sulfide) groups is 1. The average molecular weight is 351 g/mol. The van der Waals surface area contributed by atoms with Crippen molar-refractivity contribution in [1.82, 2.24) is 30.4 Å². The van der Waals surface area contributed by atoms with Crippen molar-refractivity contribution in [3.63, 3.8) is 0 Å². The highest BCUT2D eigenvalue weighted by molar-refractivity contribution is 8.13. The summed E-state index contributed by atoms with van der Waals surface area (Å²) in [6.07, 6.45) is 3.20. The highest BCUT2D eigenvalue weighted by atomic mass is 32.2. The molecule has 0 spiro atoms. The van der Waals surface area contributed by atoms with Gasteiger partial charge in [0.05, 0.1) is 0 Å². The van der Waals surface area contributed by atoms with Crippen molar-refractivity contribution in [1.29, 1.82) is 0 Å². The predicted octanol–water partition coefficient (Wildman–Crippen LogP) is 0.991. The Morgan fingerprint density at radius 3 is 3.00 bits per heavy atom. The SMILES string of the molecule is Nc1nnc(N2N=[C]SC2(Nc2nccs2)c2nnc[nH]2)s1. The summed E-state index contributed by atoms with van der Waals surface area (Å²) in [5.74, 6) is 0.537. The maximum atomic E-state index is 5.67. The molecule has 0 fully saturated rings. The van der Waals surface area contributed by atoms with E-state index in [1.807, 2.05) is 5.38 Å². The molecule has 10 nitrogen and oxygen atoms in total. The van der Waals surface area contributed by atoms with Gasteiger partial charge in [0.1, 0.15) is 6.33 Å². The molecular weight excluding hydrogens is 344 g/mol. The van der Waals surface area contributed by atoms with Gasteiger partial charge >= 0.3 is 0 Å². The lowest BCUT2D eigenvalue weighted by Crippen LogP contribution is -2.45. The van der Waals surface area contributed by atoms with Gasteiger partial charge in [-0.15, -0.1) is 31.7 Å². The van der Waals surface area contributed by atoms with Gasteiger partial charge in [0.25, 0.3) is 4.99 Å². The van der Waals surface area contributed by atoms with Crippen LogP contribution in [0.1, 0.15) is 5.82 Å². The lowest BCUT2D eigenvalue weighted by molar-refractivity contribution is 0.622. The topological polar surface area (TPSA) is 134 Å². The Morgan fingerprint density at radius 1 is 1.36 bits per heavy atom. The molecule has 0 bridgehead atoms. The number of hydrogen-bond donors (Lipinski definition) is 3. The Labute approximate surface area is 135 Å². The standard InChI is InChI=1S/C9H7N10S3/c10-6-17-18-8(22-6)19-9(21-4-14-19,5-12-3-13-16-5)15-7-11-1-2-20-7/h1-3H,(H2,10,17)(H,11,15)(H,12,13,16). The Morgan fingerprint density at radius 2 is 2.32 bits per heavy atom. The van der Waals surface area contributed by atoms with E-state index in [-0.39, 0.29) is 0 Å². The van der Waals surface area contributed by atoms with E-state index in [9.17, 15) is 0 Å². The summed E-state index contributed by atoms with van der Waals surface area (Å²) in [4.78, 5) is 6.31. The van der Waals surface area contributed by atoms with Crippen LogP contribution in [0.2, 0.25) is 0 Å². The van der Waals surface area contributed by atoms with Crippen LogP contribution in [0.3, 0.4) is 0 Å². The predicted molar refractivity (Wildman–Crippen MR) is 85.6 cm³/mol.